The topological polar surface area (TPSA) is 53.8 Å². The first-order valence-corrected chi connectivity index (χ1v) is 9.29. The molecule has 2 aromatic carbocycles. The summed E-state index contributed by atoms with van der Waals surface area (Å²) in [5, 5.41) is 0.765. The number of para-hydroxylation sites is 1. The quantitative estimate of drug-likeness (QED) is 0.672. The van der Waals surface area contributed by atoms with Crippen molar-refractivity contribution in [3.05, 3.63) is 82.2 Å². The van der Waals surface area contributed by atoms with Gasteiger partial charge in [-0.1, -0.05) is 48.5 Å². The van der Waals surface area contributed by atoms with Crippen molar-refractivity contribution in [2.24, 2.45) is 0 Å². The van der Waals surface area contributed by atoms with E-state index in [2.05, 4.69) is 17.0 Å². The van der Waals surface area contributed by atoms with E-state index in [0.717, 1.165) is 31.4 Å². The minimum Gasteiger partial charge on any atom is -0.422 e. The minimum absolute atomic E-state index is 0.116. The molecular weight excluding hydrogens is 340 g/mol. The normalized spacial score (nSPS) is 15.6. The van der Waals surface area contributed by atoms with E-state index in [0.29, 0.717) is 18.7 Å². The number of amides is 1. The molecular formula is C22H22N2O3. The molecule has 0 unspecified atom stereocenters. The summed E-state index contributed by atoms with van der Waals surface area (Å²) < 4.78 is 5.32. The number of hydrogen-bond donors (Lipinski definition) is 0. The fraction of sp³-hybridized carbons (Fsp3) is 0.273. The smallest absolute Gasteiger partial charge is 0.349 e. The summed E-state index contributed by atoms with van der Waals surface area (Å²) in [6.45, 7) is 3.86. The third kappa shape index (κ3) is 3.93. The molecule has 1 aliphatic heterocycles. The predicted octanol–water partition coefficient (Wildman–Crippen LogP) is 3.14. The van der Waals surface area contributed by atoms with Crippen LogP contribution in [0, 0.1) is 0 Å². The third-order valence-corrected chi connectivity index (χ3v) is 5.00. The maximum atomic E-state index is 12.9. The van der Waals surface area contributed by atoms with Gasteiger partial charge < -0.3 is 9.32 Å². The van der Waals surface area contributed by atoms with Crippen LogP contribution in [0.4, 0.5) is 0 Å². The van der Waals surface area contributed by atoms with E-state index in [1.807, 2.05) is 36.4 Å². The Morgan fingerprint density at radius 3 is 2.56 bits per heavy atom. The molecule has 0 N–H and O–H groups in total. The van der Waals surface area contributed by atoms with Gasteiger partial charge in [-0.15, -0.1) is 0 Å². The summed E-state index contributed by atoms with van der Waals surface area (Å²) in [6.07, 6.45) is 0.886. The van der Waals surface area contributed by atoms with Crippen LogP contribution in [-0.2, 0) is 6.54 Å². The van der Waals surface area contributed by atoms with Gasteiger partial charge in [0.1, 0.15) is 11.1 Å². The molecule has 1 aromatic heterocycles. The highest BCUT2D eigenvalue weighted by Gasteiger charge is 2.23. The molecule has 138 valence electrons. The van der Waals surface area contributed by atoms with Crippen molar-refractivity contribution < 1.29 is 9.21 Å². The second-order valence-corrected chi connectivity index (χ2v) is 6.89. The summed E-state index contributed by atoms with van der Waals surface area (Å²) in [4.78, 5) is 29.3. The number of hydrogen-bond acceptors (Lipinski definition) is 4. The first-order valence-electron chi connectivity index (χ1n) is 9.29. The lowest BCUT2D eigenvalue weighted by Gasteiger charge is -2.22. The van der Waals surface area contributed by atoms with Crippen LogP contribution >= 0.6 is 0 Å². The van der Waals surface area contributed by atoms with E-state index in [4.69, 9.17) is 4.42 Å². The standard InChI is InChI=1S/C22H22N2O3/c25-21(19-15-18-9-4-5-10-20(18)27-22(19)26)24-12-6-11-23(13-14-24)16-17-7-2-1-3-8-17/h1-5,7-10,15H,6,11-14,16H2. The lowest BCUT2D eigenvalue weighted by Crippen LogP contribution is -2.37. The Morgan fingerprint density at radius 2 is 1.70 bits per heavy atom. The minimum atomic E-state index is -0.566. The second-order valence-electron chi connectivity index (χ2n) is 6.89. The van der Waals surface area contributed by atoms with Gasteiger partial charge in [-0.2, -0.15) is 0 Å². The molecule has 0 spiro atoms. The summed E-state index contributed by atoms with van der Waals surface area (Å²) in [6, 6.07) is 19.2. The second kappa shape index (κ2) is 7.76. The van der Waals surface area contributed by atoms with Crippen LogP contribution in [0.3, 0.4) is 0 Å². The fourth-order valence-electron chi connectivity index (χ4n) is 3.56. The molecule has 0 saturated carbocycles. The predicted molar refractivity (Wildman–Crippen MR) is 105 cm³/mol. The number of nitrogens with zero attached hydrogens (tertiary/aromatic N) is 2. The summed E-state index contributed by atoms with van der Waals surface area (Å²) in [5.41, 5.74) is 1.32. The maximum absolute atomic E-state index is 12.9. The van der Waals surface area contributed by atoms with Crippen LogP contribution in [0.2, 0.25) is 0 Å². The average molecular weight is 362 g/mol. The zero-order valence-electron chi connectivity index (χ0n) is 15.1. The van der Waals surface area contributed by atoms with Gasteiger partial charge in [0.2, 0.25) is 0 Å². The highest BCUT2D eigenvalue weighted by atomic mass is 16.4. The zero-order chi connectivity index (χ0) is 18.6. The van der Waals surface area contributed by atoms with Crippen LogP contribution < -0.4 is 5.63 Å². The molecule has 1 aliphatic rings. The molecule has 3 aromatic rings. The highest BCUT2D eigenvalue weighted by molar-refractivity contribution is 5.96. The number of carbonyl (C=O) groups is 1. The SMILES string of the molecule is O=C(c1cc2ccccc2oc1=O)N1CCCN(Cc2ccccc2)CC1. The molecule has 5 nitrogen and oxygen atoms in total. The highest BCUT2D eigenvalue weighted by Crippen LogP contribution is 2.15. The van der Waals surface area contributed by atoms with Crippen molar-refractivity contribution in [3.63, 3.8) is 0 Å². The lowest BCUT2D eigenvalue weighted by molar-refractivity contribution is 0.0757. The number of fused-ring (bicyclic) bond motifs is 1. The fourth-order valence-corrected chi connectivity index (χ4v) is 3.56. The molecule has 0 bridgehead atoms. The average Bonchev–Trinajstić information content (AvgIpc) is 2.93. The number of carbonyl (C=O) groups excluding carboxylic acids is 1. The lowest BCUT2D eigenvalue weighted by atomic mass is 10.1. The van der Waals surface area contributed by atoms with Gasteiger partial charge in [-0.3, -0.25) is 9.69 Å². The Labute approximate surface area is 157 Å². The van der Waals surface area contributed by atoms with Crippen LogP contribution in [0.15, 0.2) is 69.9 Å². The first kappa shape index (κ1) is 17.5. The van der Waals surface area contributed by atoms with Crippen molar-refractivity contribution in [1.29, 1.82) is 0 Å². The van der Waals surface area contributed by atoms with Gasteiger partial charge in [0.25, 0.3) is 5.91 Å². The Kier molecular flexibility index (Phi) is 5.03. The Hall–Kier alpha value is -2.92. The molecule has 0 atom stereocenters. The summed E-state index contributed by atoms with van der Waals surface area (Å²) >= 11 is 0. The van der Waals surface area contributed by atoms with Crippen molar-refractivity contribution >= 4 is 16.9 Å². The summed E-state index contributed by atoms with van der Waals surface area (Å²) in [5.74, 6) is -0.240. The monoisotopic (exact) mass is 362 g/mol. The molecule has 0 aliphatic carbocycles. The van der Waals surface area contributed by atoms with Gasteiger partial charge in [0.05, 0.1) is 0 Å². The van der Waals surface area contributed by atoms with Gasteiger partial charge in [0.15, 0.2) is 0 Å². The van der Waals surface area contributed by atoms with E-state index in [-0.39, 0.29) is 11.5 Å². The van der Waals surface area contributed by atoms with Gasteiger partial charge >= 0.3 is 5.63 Å². The van der Waals surface area contributed by atoms with Crippen LogP contribution in [0.25, 0.3) is 11.0 Å². The molecule has 1 amide bonds. The molecule has 2 heterocycles. The van der Waals surface area contributed by atoms with Gasteiger partial charge in [0, 0.05) is 38.1 Å². The van der Waals surface area contributed by atoms with Gasteiger partial charge in [-0.25, -0.2) is 4.79 Å². The van der Waals surface area contributed by atoms with Crippen LogP contribution in [0.1, 0.15) is 22.3 Å². The number of rotatable bonds is 3. The Morgan fingerprint density at radius 1 is 0.926 bits per heavy atom. The molecule has 1 saturated heterocycles. The Balaban J connectivity index is 1.48. The van der Waals surface area contributed by atoms with Crippen molar-refractivity contribution in [2.75, 3.05) is 26.2 Å². The molecule has 27 heavy (non-hydrogen) atoms. The van der Waals surface area contributed by atoms with E-state index < -0.39 is 5.63 Å². The van der Waals surface area contributed by atoms with Gasteiger partial charge in [-0.05, 0) is 24.1 Å². The van der Waals surface area contributed by atoms with Crippen LogP contribution in [-0.4, -0.2) is 41.9 Å². The van der Waals surface area contributed by atoms with Crippen molar-refractivity contribution in [3.8, 4) is 0 Å². The number of benzene rings is 2. The van der Waals surface area contributed by atoms with E-state index in [1.54, 1.807) is 17.0 Å². The zero-order valence-corrected chi connectivity index (χ0v) is 15.1. The van der Waals surface area contributed by atoms with Crippen LogP contribution in [0.5, 0.6) is 0 Å². The van der Waals surface area contributed by atoms with Crippen molar-refractivity contribution in [1.82, 2.24) is 9.80 Å². The van der Waals surface area contributed by atoms with E-state index in [1.165, 1.54) is 5.56 Å². The largest absolute Gasteiger partial charge is 0.422 e. The Bertz CT molecular complexity index is 997. The molecule has 5 heteroatoms. The molecule has 0 radical (unpaired) electrons. The maximum Gasteiger partial charge on any atom is 0.349 e. The van der Waals surface area contributed by atoms with Crippen molar-refractivity contribution in [2.45, 2.75) is 13.0 Å². The molecule has 4 rings (SSSR count). The third-order valence-electron chi connectivity index (χ3n) is 5.00. The molecule has 1 fully saturated rings. The van der Waals surface area contributed by atoms with E-state index >= 15 is 0 Å². The summed E-state index contributed by atoms with van der Waals surface area (Å²) in [7, 11) is 0. The first-order chi connectivity index (χ1) is 13.2. The van der Waals surface area contributed by atoms with E-state index in [9.17, 15) is 9.59 Å².